The predicted molar refractivity (Wildman–Crippen MR) is 79.8 cm³/mol. The molecule has 1 rings (SSSR count). The number of aliphatic hydroxyl groups excluding tert-OH is 1. The van der Waals surface area contributed by atoms with Crippen LogP contribution in [0.5, 0.6) is 0 Å². The van der Waals surface area contributed by atoms with Crippen molar-refractivity contribution in [2.75, 3.05) is 19.7 Å². The summed E-state index contributed by atoms with van der Waals surface area (Å²) >= 11 is 0. The van der Waals surface area contributed by atoms with Gasteiger partial charge in [0.05, 0.1) is 6.04 Å². The third-order valence-electron chi connectivity index (χ3n) is 3.37. The van der Waals surface area contributed by atoms with Crippen LogP contribution in [0.4, 0.5) is 4.79 Å². The van der Waals surface area contributed by atoms with Crippen molar-refractivity contribution in [1.29, 1.82) is 0 Å². The lowest BCUT2D eigenvalue weighted by Gasteiger charge is -2.34. The highest BCUT2D eigenvalue weighted by Gasteiger charge is 2.27. The zero-order chi connectivity index (χ0) is 16.0. The molecule has 6 nitrogen and oxygen atoms in total. The molecule has 1 aliphatic heterocycles. The average Bonchev–Trinajstić information content (AvgIpc) is 2.31. The first-order valence-corrected chi connectivity index (χ1v) is 7.59. The van der Waals surface area contributed by atoms with E-state index in [1.807, 2.05) is 0 Å². The maximum atomic E-state index is 11.9. The van der Waals surface area contributed by atoms with Crippen molar-refractivity contribution in [1.82, 2.24) is 10.2 Å². The Morgan fingerprint density at radius 3 is 2.76 bits per heavy atom. The number of carbonyl (C=O) groups is 2. The quantitative estimate of drug-likeness (QED) is 0.807. The van der Waals surface area contributed by atoms with Crippen molar-refractivity contribution in [3.05, 3.63) is 0 Å². The topological polar surface area (TPSA) is 78.9 Å². The second-order valence-electron chi connectivity index (χ2n) is 6.80. The number of ether oxygens (including phenoxy) is 1. The molecule has 6 heteroatoms. The highest BCUT2D eigenvalue weighted by Crippen LogP contribution is 2.17. The van der Waals surface area contributed by atoms with E-state index in [1.165, 1.54) is 0 Å². The number of aliphatic hydroxyl groups is 1. The monoisotopic (exact) mass is 300 g/mol. The molecule has 1 saturated heterocycles. The molecule has 2 amide bonds. The Morgan fingerprint density at radius 2 is 2.19 bits per heavy atom. The van der Waals surface area contributed by atoms with Crippen LogP contribution in [0.1, 0.15) is 47.0 Å². The van der Waals surface area contributed by atoms with E-state index in [2.05, 4.69) is 12.2 Å². The summed E-state index contributed by atoms with van der Waals surface area (Å²) in [4.78, 5) is 25.5. The summed E-state index contributed by atoms with van der Waals surface area (Å²) < 4.78 is 5.22. The lowest BCUT2D eigenvalue weighted by molar-refractivity contribution is -0.135. The van der Waals surface area contributed by atoms with Crippen LogP contribution in [0.3, 0.4) is 0 Å². The van der Waals surface area contributed by atoms with Crippen LogP contribution in [0.2, 0.25) is 0 Å². The van der Waals surface area contributed by atoms with Crippen molar-refractivity contribution in [2.24, 2.45) is 5.92 Å². The SMILES string of the molecule is C[C@@H]1CCC(=O)N(C[C@H](CCO)NC(=O)OC(C)(C)C)C1. The molecule has 1 aliphatic rings. The van der Waals surface area contributed by atoms with Crippen molar-refractivity contribution in [3.8, 4) is 0 Å². The second kappa shape index (κ2) is 7.64. The predicted octanol–water partition coefficient (Wildman–Crippen LogP) is 1.52. The van der Waals surface area contributed by atoms with E-state index in [0.29, 0.717) is 31.8 Å². The molecule has 0 aromatic carbocycles. The summed E-state index contributed by atoms with van der Waals surface area (Å²) in [6.45, 7) is 8.58. The standard InChI is InChI=1S/C15H28N2O4/c1-11-5-6-13(19)17(9-11)10-12(7-8-18)16-14(20)21-15(2,3)4/h11-12,18H,5-10H2,1-4H3,(H,16,20)/t11-,12+/m1/s1. The molecule has 0 aromatic rings. The molecule has 0 saturated carbocycles. The highest BCUT2D eigenvalue weighted by molar-refractivity contribution is 5.77. The molecular weight excluding hydrogens is 272 g/mol. The normalized spacial score (nSPS) is 21.1. The Labute approximate surface area is 126 Å². The van der Waals surface area contributed by atoms with E-state index in [9.17, 15) is 9.59 Å². The first-order chi connectivity index (χ1) is 9.71. The third kappa shape index (κ3) is 6.80. The molecule has 0 bridgehead atoms. The minimum absolute atomic E-state index is 0.0436. The lowest BCUT2D eigenvalue weighted by atomic mass is 9.99. The molecule has 1 fully saturated rings. The van der Waals surface area contributed by atoms with Gasteiger partial charge in [0.25, 0.3) is 0 Å². The summed E-state index contributed by atoms with van der Waals surface area (Å²) in [5.41, 5.74) is -0.566. The van der Waals surface area contributed by atoms with Crippen molar-refractivity contribution < 1.29 is 19.4 Å². The van der Waals surface area contributed by atoms with E-state index in [-0.39, 0.29) is 18.6 Å². The van der Waals surface area contributed by atoms with Gasteiger partial charge in [-0.3, -0.25) is 4.79 Å². The van der Waals surface area contributed by atoms with Gasteiger partial charge in [-0.25, -0.2) is 4.79 Å². The van der Waals surface area contributed by atoms with E-state index < -0.39 is 11.7 Å². The number of nitrogens with one attached hydrogen (secondary N) is 1. The van der Waals surface area contributed by atoms with Gasteiger partial charge in [0.15, 0.2) is 0 Å². The Morgan fingerprint density at radius 1 is 1.52 bits per heavy atom. The largest absolute Gasteiger partial charge is 0.444 e. The Bertz CT molecular complexity index is 365. The molecule has 21 heavy (non-hydrogen) atoms. The molecule has 0 spiro atoms. The van der Waals surface area contributed by atoms with Gasteiger partial charge in [0, 0.05) is 26.1 Å². The summed E-state index contributed by atoms with van der Waals surface area (Å²) in [6.07, 6.45) is 1.36. The van der Waals surface area contributed by atoms with Crippen molar-refractivity contribution in [2.45, 2.75) is 58.6 Å². The number of alkyl carbamates (subject to hydrolysis) is 1. The molecule has 0 radical (unpaired) electrons. The number of likely N-dealkylation sites (tertiary alicyclic amines) is 1. The lowest BCUT2D eigenvalue weighted by Crippen LogP contribution is -2.49. The summed E-state index contributed by atoms with van der Waals surface area (Å²) in [7, 11) is 0. The zero-order valence-electron chi connectivity index (χ0n) is 13.5. The van der Waals surface area contributed by atoms with E-state index in [0.717, 1.165) is 6.42 Å². The number of nitrogens with zero attached hydrogens (tertiary/aromatic N) is 1. The van der Waals surface area contributed by atoms with Crippen LogP contribution in [0, 0.1) is 5.92 Å². The van der Waals surface area contributed by atoms with Crippen LogP contribution >= 0.6 is 0 Å². The number of hydrogen-bond acceptors (Lipinski definition) is 4. The average molecular weight is 300 g/mol. The fourth-order valence-electron chi connectivity index (χ4n) is 2.38. The molecule has 0 aromatic heterocycles. The molecule has 2 atom stereocenters. The van der Waals surface area contributed by atoms with Crippen LogP contribution < -0.4 is 5.32 Å². The summed E-state index contributed by atoms with van der Waals surface area (Å²) in [5, 5.41) is 11.9. The highest BCUT2D eigenvalue weighted by atomic mass is 16.6. The van der Waals surface area contributed by atoms with Crippen LogP contribution in [-0.2, 0) is 9.53 Å². The Balaban J connectivity index is 2.56. The van der Waals surface area contributed by atoms with Crippen LogP contribution in [-0.4, -0.2) is 53.3 Å². The van der Waals surface area contributed by atoms with E-state index >= 15 is 0 Å². The van der Waals surface area contributed by atoms with Gasteiger partial charge in [-0.05, 0) is 39.5 Å². The van der Waals surface area contributed by atoms with E-state index in [1.54, 1.807) is 25.7 Å². The maximum Gasteiger partial charge on any atom is 0.407 e. The van der Waals surface area contributed by atoms with E-state index in [4.69, 9.17) is 9.84 Å². The number of amides is 2. The Kier molecular flexibility index (Phi) is 6.45. The van der Waals surface area contributed by atoms with Crippen molar-refractivity contribution >= 4 is 12.0 Å². The number of hydrogen-bond donors (Lipinski definition) is 2. The van der Waals surface area contributed by atoms with Gasteiger partial charge in [-0.15, -0.1) is 0 Å². The van der Waals surface area contributed by atoms with Crippen LogP contribution in [0.15, 0.2) is 0 Å². The van der Waals surface area contributed by atoms with Gasteiger partial charge in [0.1, 0.15) is 5.60 Å². The van der Waals surface area contributed by atoms with Gasteiger partial charge in [0.2, 0.25) is 5.91 Å². The van der Waals surface area contributed by atoms with Crippen LogP contribution in [0.25, 0.3) is 0 Å². The fraction of sp³-hybridized carbons (Fsp3) is 0.867. The maximum absolute atomic E-state index is 11.9. The Hall–Kier alpha value is -1.30. The number of rotatable bonds is 5. The minimum Gasteiger partial charge on any atom is -0.444 e. The number of carbonyl (C=O) groups excluding carboxylic acids is 2. The molecule has 0 unspecified atom stereocenters. The smallest absolute Gasteiger partial charge is 0.407 e. The number of piperidine rings is 1. The zero-order valence-corrected chi connectivity index (χ0v) is 13.5. The van der Waals surface area contributed by atoms with Gasteiger partial charge in [-0.2, -0.15) is 0 Å². The fourth-order valence-corrected chi connectivity index (χ4v) is 2.38. The van der Waals surface area contributed by atoms with Crippen molar-refractivity contribution in [3.63, 3.8) is 0 Å². The first kappa shape index (κ1) is 17.8. The summed E-state index contributed by atoms with van der Waals surface area (Å²) in [6, 6.07) is -0.293. The van der Waals surface area contributed by atoms with Gasteiger partial charge < -0.3 is 20.1 Å². The molecular formula is C15H28N2O4. The molecule has 0 aliphatic carbocycles. The van der Waals surface area contributed by atoms with Gasteiger partial charge >= 0.3 is 6.09 Å². The molecule has 2 N–H and O–H groups in total. The second-order valence-corrected chi connectivity index (χ2v) is 6.80. The minimum atomic E-state index is -0.566. The first-order valence-electron chi connectivity index (χ1n) is 7.59. The summed E-state index contributed by atoms with van der Waals surface area (Å²) in [5.74, 6) is 0.584. The van der Waals surface area contributed by atoms with Gasteiger partial charge in [-0.1, -0.05) is 6.92 Å². The molecule has 1 heterocycles. The molecule has 122 valence electrons. The third-order valence-corrected chi connectivity index (χ3v) is 3.37.